The number of nitrogens with zero attached hydrogens (tertiary/aromatic N) is 3. The molecule has 1 aromatic carbocycles. The van der Waals surface area contributed by atoms with Gasteiger partial charge in [-0.3, -0.25) is 4.79 Å². The Bertz CT molecular complexity index is 939. The first-order chi connectivity index (χ1) is 12.0. The fourth-order valence-corrected chi connectivity index (χ4v) is 3.83. The highest BCUT2D eigenvalue weighted by molar-refractivity contribution is 6.07. The van der Waals surface area contributed by atoms with E-state index in [1.165, 1.54) is 23.1 Å². The van der Waals surface area contributed by atoms with Crippen LogP contribution in [0.4, 0.5) is 0 Å². The molecule has 25 heavy (non-hydrogen) atoms. The second kappa shape index (κ2) is 6.02. The molecule has 0 saturated carbocycles. The van der Waals surface area contributed by atoms with Crippen LogP contribution in [0.15, 0.2) is 24.5 Å². The molecular weight excluding hydrogens is 314 g/mol. The number of rotatable bonds is 3. The minimum Gasteiger partial charge on any atom is -0.358 e. The van der Waals surface area contributed by atoms with Crippen molar-refractivity contribution in [1.29, 1.82) is 0 Å². The molecule has 0 aliphatic heterocycles. The fourth-order valence-electron chi connectivity index (χ4n) is 3.83. The van der Waals surface area contributed by atoms with Crippen molar-refractivity contribution >= 4 is 16.8 Å². The van der Waals surface area contributed by atoms with Crippen molar-refractivity contribution in [2.24, 2.45) is 13.0 Å². The van der Waals surface area contributed by atoms with Gasteiger partial charge in [0.1, 0.15) is 6.33 Å². The number of aromatic amines is 1. The van der Waals surface area contributed by atoms with E-state index < -0.39 is 0 Å². The van der Waals surface area contributed by atoms with Gasteiger partial charge in [-0.15, -0.1) is 10.2 Å². The quantitative estimate of drug-likeness (QED) is 0.771. The highest BCUT2D eigenvalue weighted by Crippen LogP contribution is 2.33. The molecule has 2 atom stereocenters. The number of aromatic nitrogens is 4. The molecule has 1 amide bonds. The smallest absolute Gasteiger partial charge is 0.253 e. The second-order valence-corrected chi connectivity index (χ2v) is 7.15. The van der Waals surface area contributed by atoms with E-state index in [0.717, 1.165) is 24.2 Å². The molecule has 1 aliphatic rings. The number of amides is 1. The Morgan fingerprint density at radius 2 is 2.28 bits per heavy atom. The maximum Gasteiger partial charge on any atom is 0.253 e. The third kappa shape index (κ3) is 2.71. The topological polar surface area (TPSA) is 75.6 Å². The van der Waals surface area contributed by atoms with E-state index in [1.807, 2.05) is 30.7 Å². The Hall–Kier alpha value is -2.63. The lowest BCUT2D eigenvalue weighted by Gasteiger charge is -2.17. The molecule has 2 heterocycles. The Morgan fingerprint density at radius 3 is 3.04 bits per heavy atom. The van der Waals surface area contributed by atoms with Crippen molar-refractivity contribution < 1.29 is 4.79 Å². The van der Waals surface area contributed by atoms with Gasteiger partial charge in [0.25, 0.3) is 5.91 Å². The van der Waals surface area contributed by atoms with Crippen LogP contribution in [0, 0.1) is 5.92 Å². The zero-order valence-corrected chi connectivity index (χ0v) is 14.8. The van der Waals surface area contributed by atoms with Gasteiger partial charge in [0, 0.05) is 18.1 Å². The third-order valence-electron chi connectivity index (χ3n) is 5.20. The summed E-state index contributed by atoms with van der Waals surface area (Å²) in [7, 11) is 1.87. The van der Waals surface area contributed by atoms with Crippen LogP contribution in [-0.4, -0.2) is 25.7 Å². The van der Waals surface area contributed by atoms with Gasteiger partial charge < -0.3 is 14.9 Å². The van der Waals surface area contributed by atoms with Crippen LogP contribution in [0.5, 0.6) is 0 Å². The number of H-pyrrole nitrogens is 1. The first kappa shape index (κ1) is 15.9. The van der Waals surface area contributed by atoms with Gasteiger partial charge in [-0.1, -0.05) is 19.1 Å². The molecule has 4 rings (SSSR count). The van der Waals surface area contributed by atoms with Gasteiger partial charge in [-0.05, 0) is 43.7 Å². The number of benzene rings is 1. The normalized spacial score (nSPS) is 18.1. The molecule has 2 unspecified atom stereocenters. The predicted octanol–water partition coefficient (Wildman–Crippen LogP) is 2.91. The predicted molar refractivity (Wildman–Crippen MR) is 96.4 cm³/mol. The van der Waals surface area contributed by atoms with Gasteiger partial charge in [0.2, 0.25) is 0 Å². The molecule has 6 nitrogen and oxygen atoms in total. The number of nitrogens with one attached hydrogen (secondary N) is 2. The lowest BCUT2D eigenvalue weighted by atomic mass is 9.87. The first-order valence-corrected chi connectivity index (χ1v) is 8.81. The summed E-state index contributed by atoms with van der Waals surface area (Å²) < 4.78 is 1.82. The molecule has 1 aliphatic carbocycles. The second-order valence-electron chi connectivity index (χ2n) is 7.15. The Labute approximate surface area is 146 Å². The van der Waals surface area contributed by atoms with Crippen LogP contribution in [-0.2, 0) is 19.9 Å². The van der Waals surface area contributed by atoms with Crippen molar-refractivity contribution in [2.75, 3.05) is 0 Å². The lowest BCUT2D eigenvalue weighted by Crippen LogP contribution is -2.28. The summed E-state index contributed by atoms with van der Waals surface area (Å²) in [6.07, 6.45) is 4.97. The van der Waals surface area contributed by atoms with Gasteiger partial charge in [0.05, 0.1) is 17.1 Å². The minimum atomic E-state index is -0.208. The molecule has 130 valence electrons. The van der Waals surface area contributed by atoms with Crippen LogP contribution in [0.1, 0.15) is 53.7 Å². The van der Waals surface area contributed by atoms with Crippen molar-refractivity contribution in [3.63, 3.8) is 0 Å². The Kier molecular flexibility index (Phi) is 3.82. The summed E-state index contributed by atoms with van der Waals surface area (Å²) in [6, 6.07) is 5.76. The SMILES string of the molecule is CC1CCc2[nH]c3c(C(=O)NC(C)c4nncn4C)cccc3c2C1. The molecule has 0 fully saturated rings. The zero-order valence-electron chi connectivity index (χ0n) is 14.8. The molecule has 0 radical (unpaired) electrons. The van der Waals surface area contributed by atoms with Crippen LogP contribution in [0.2, 0.25) is 0 Å². The summed E-state index contributed by atoms with van der Waals surface area (Å²) in [5, 5.41) is 12.2. The summed E-state index contributed by atoms with van der Waals surface area (Å²) in [4.78, 5) is 16.4. The zero-order chi connectivity index (χ0) is 17.6. The maximum atomic E-state index is 12.9. The minimum absolute atomic E-state index is 0.0901. The monoisotopic (exact) mass is 337 g/mol. The molecule has 0 bridgehead atoms. The largest absolute Gasteiger partial charge is 0.358 e. The number of aryl methyl sites for hydroxylation is 2. The standard InChI is InChI=1S/C19H23N5O/c1-11-7-8-16-15(9-11)13-5-4-6-14(17(13)22-16)19(25)21-12(2)18-23-20-10-24(18)3/h4-6,10-12,22H,7-9H2,1-3H3,(H,21,25). The van der Waals surface area contributed by atoms with Crippen molar-refractivity contribution in [3.05, 3.63) is 47.2 Å². The molecule has 6 heteroatoms. The number of hydrogen-bond acceptors (Lipinski definition) is 3. The summed E-state index contributed by atoms with van der Waals surface area (Å²) >= 11 is 0. The van der Waals surface area contributed by atoms with Gasteiger partial charge in [-0.2, -0.15) is 0 Å². The lowest BCUT2D eigenvalue weighted by molar-refractivity contribution is 0.0939. The van der Waals surface area contributed by atoms with Crippen LogP contribution in [0.25, 0.3) is 10.9 Å². The van der Waals surface area contributed by atoms with E-state index in [0.29, 0.717) is 11.5 Å². The molecule has 0 saturated heterocycles. The van der Waals surface area contributed by atoms with Gasteiger partial charge in [-0.25, -0.2) is 0 Å². The van der Waals surface area contributed by atoms with Crippen molar-refractivity contribution in [1.82, 2.24) is 25.1 Å². The van der Waals surface area contributed by atoms with E-state index in [1.54, 1.807) is 6.33 Å². The molecule has 2 N–H and O–H groups in total. The molecule has 2 aromatic heterocycles. The van der Waals surface area contributed by atoms with Crippen LogP contribution >= 0.6 is 0 Å². The van der Waals surface area contributed by atoms with Crippen LogP contribution < -0.4 is 5.32 Å². The average molecular weight is 337 g/mol. The number of para-hydroxylation sites is 1. The molecule has 0 spiro atoms. The number of fused-ring (bicyclic) bond motifs is 3. The van der Waals surface area contributed by atoms with Gasteiger partial charge >= 0.3 is 0 Å². The summed E-state index contributed by atoms with van der Waals surface area (Å²) in [5.41, 5.74) is 4.30. The van der Waals surface area contributed by atoms with E-state index in [2.05, 4.69) is 33.5 Å². The van der Waals surface area contributed by atoms with E-state index >= 15 is 0 Å². The highest BCUT2D eigenvalue weighted by Gasteiger charge is 2.23. The highest BCUT2D eigenvalue weighted by atomic mass is 16.1. The van der Waals surface area contributed by atoms with E-state index in [4.69, 9.17) is 0 Å². The van der Waals surface area contributed by atoms with E-state index in [-0.39, 0.29) is 11.9 Å². The fraction of sp³-hybridized carbons (Fsp3) is 0.421. The molecular formula is C19H23N5O. The Balaban J connectivity index is 1.67. The number of carbonyl (C=O) groups excluding carboxylic acids is 1. The number of carbonyl (C=O) groups is 1. The first-order valence-electron chi connectivity index (χ1n) is 8.81. The van der Waals surface area contributed by atoms with Crippen molar-refractivity contribution in [2.45, 2.75) is 39.2 Å². The Morgan fingerprint density at radius 1 is 1.44 bits per heavy atom. The third-order valence-corrected chi connectivity index (χ3v) is 5.20. The average Bonchev–Trinajstić information content (AvgIpc) is 3.17. The van der Waals surface area contributed by atoms with Crippen LogP contribution in [0.3, 0.4) is 0 Å². The van der Waals surface area contributed by atoms with Gasteiger partial charge in [0.15, 0.2) is 5.82 Å². The van der Waals surface area contributed by atoms with E-state index in [9.17, 15) is 4.79 Å². The summed E-state index contributed by atoms with van der Waals surface area (Å²) in [6.45, 7) is 4.21. The molecule has 3 aromatic rings. The number of hydrogen-bond donors (Lipinski definition) is 2. The summed E-state index contributed by atoms with van der Waals surface area (Å²) in [5.74, 6) is 1.34. The maximum absolute atomic E-state index is 12.9. The van der Waals surface area contributed by atoms with Crippen molar-refractivity contribution in [3.8, 4) is 0 Å².